The van der Waals surface area contributed by atoms with Crippen LogP contribution in [-0.2, 0) is 0 Å². The Hall–Kier alpha value is -0.750. The molecule has 2 aromatic rings. The molecule has 0 aliphatic carbocycles. The summed E-state index contributed by atoms with van der Waals surface area (Å²) in [4.78, 5) is 5.15. The topological polar surface area (TPSA) is 51.8 Å². The van der Waals surface area contributed by atoms with E-state index in [1.807, 2.05) is 0 Å². The number of nitrogens with zero attached hydrogens (tertiary/aromatic N) is 3. The van der Waals surface area contributed by atoms with E-state index in [1.54, 1.807) is 11.7 Å². The molecule has 0 atom stereocenters. The summed E-state index contributed by atoms with van der Waals surface area (Å²) in [5.41, 5.74) is 1.72. The van der Waals surface area contributed by atoms with Crippen LogP contribution in [0.25, 0.3) is 10.8 Å². The molecule has 0 saturated carbocycles. The fraction of sp³-hybridized carbons (Fsp3) is 0. The van der Waals surface area contributed by atoms with Crippen LogP contribution in [0, 0.1) is 0 Å². The minimum absolute atomic E-state index is 0.390. The van der Waals surface area contributed by atoms with Gasteiger partial charge in [-0.3, -0.25) is 4.98 Å². The second-order valence-corrected chi connectivity index (χ2v) is 3.29. The summed E-state index contributed by atoms with van der Waals surface area (Å²) < 4.78 is 5.09. The van der Waals surface area contributed by atoms with Crippen LogP contribution in [0.2, 0.25) is 0 Å². The molecule has 56 valence electrons. The third-order valence-corrected chi connectivity index (χ3v) is 2.13. The van der Waals surface area contributed by atoms with Crippen molar-refractivity contribution in [3.8, 4) is 10.8 Å². The van der Waals surface area contributed by atoms with E-state index in [9.17, 15) is 0 Å². The molecule has 0 radical (unpaired) electrons. The van der Waals surface area contributed by atoms with Crippen molar-refractivity contribution in [2.45, 2.75) is 0 Å². The molecule has 2 heterocycles. The minimum atomic E-state index is 0.390. The molecule has 0 unspecified atom stereocenters. The van der Waals surface area contributed by atoms with Crippen LogP contribution in [-0.4, -0.2) is 15.2 Å². The van der Waals surface area contributed by atoms with Gasteiger partial charge < -0.3 is 4.42 Å². The van der Waals surface area contributed by atoms with Gasteiger partial charge in [0.1, 0.15) is 4.88 Å². The lowest BCUT2D eigenvalue weighted by Gasteiger charge is -1.80. The van der Waals surface area contributed by atoms with Gasteiger partial charge in [0.05, 0.1) is 11.7 Å². The van der Waals surface area contributed by atoms with Crippen LogP contribution in [0.4, 0.5) is 0 Å². The summed E-state index contributed by atoms with van der Waals surface area (Å²) >= 11 is 4.52. The van der Waals surface area contributed by atoms with Crippen molar-refractivity contribution in [2.24, 2.45) is 0 Å². The lowest BCUT2D eigenvalue weighted by atomic mass is 10.6. The molecule has 0 saturated heterocycles. The van der Waals surface area contributed by atoms with Gasteiger partial charge >= 0.3 is 0 Å². The summed E-state index contributed by atoms with van der Waals surface area (Å²) in [6.07, 6.45) is 1.69. The average molecular weight is 232 g/mol. The van der Waals surface area contributed by atoms with Gasteiger partial charge in [0.2, 0.25) is 0 Å². The monoisotopic (exact) mass is 231 g/mol. The van der Waals surface area contributed by atoms with Gasteiger partial charge in [0.25, 0.3) is 10.7 Å². The Bertz CT molecular complexity index is 344. The zero-order chi connectivity index (χ0) is 7.68. The largest absolute Gasteiger partial charge is 0.410 e. The first kappa shape index (κ1) is 6.93. The average Bonchev–Trinajstić information content (AvgIpc) is 2.55. The predicted molar refractivity (Wildman–Crippen MR) is 43.1 cm³/mol. The normalized spacial score (nSPS) is 10.3. The number of halogens is 1. The van der Waals surface area contributed by atoms with Gasteiger partial charge in [-0.1, -0.05) is 0 Å². The lowest BCUT2D eigenvalue weighted by molar-refractivity contribution is 0.541. The Kier molecular flexibility index (Phi) is 1.71. The Labute approximate surface area is 74.4 Å². The summed E-state index contributed by atoms with van der Waals surface area (Å²) in [6, 6.07) is 0. The van der Waals surface area contributed by atoms with E-state index in [2.05, 4.69) is 31.1 Å². The first-order valence-corrected chi connectivity index (χ1v) is 4.41. The number of aromatic nitrogens is 3. The van der Waals surface area contributed by atoms with Gasteiger partial charge in [-0.2, -0.15) is 0 Å². The number of thiazole rings is 1. The molecule has 4 nitrogen and oxygen atoms in total. The molecule has 6 heteroatoms. The third kappa shape index (κ3) is 1.31. The van der Waals surface area contributed by atoms with Gasteiger partial charge in [-0.25, -0.2) is 0 Å². The Morgan fingerprint density at radius 2 is 2.36 bits per heavy atom. The second kappa shape index (κ2) is 2.71. The molecule has 0 aliphatic rings. The fourth-order valence-electron chi connectivity index (χ4n) is 0.626. The molecule has 2 aromatic heterocycles. The smallest absolute Gasteiger partial charge is 0.285 e. The first-order valence-electron chi connectivity index (χ1n) is 2.74. The first-order chi connectivity index (χ1) is 5.36. The van der Waals surface area contributed by atoms with Gasteiger partial charge in [-0.15, -0.1) is 21.5 Å². The van der Waals surface area contributed by atoms with Crippen molar-refractivity contribution in [3.63, 3.8) is 0 Å². The number of rotatable bonds is 1. The van der Waals surface area contributed by atoms with E-state index >= 15 is 0 Å². The van der Waals surface area contributed by atoms with Crippen LogP contribution in [0.15, 0.2) is 20.9 Å². The SMILES string of the molecule is Brc1nnc(-c2cncs2)o1. The quantitative estimate of drug-likeness (QED) is 0.753. The molecule has 0 aliphatic heterocycles. The molecular formula is C5H2BrN3OS. The van der Waals surface area contributed by atoms with Crippen LogP contribution < -0.4 is 0 Å². The molecular weight excluding hydrogens is 230 g/mol. The van der Waals surface area contributed by atoms with E-state index in [0.29, 0.717) is 10.7 Å². The highest BCUT2D eigenvalue weighted by Crippen LogP contribution is 2.22. The lowest BCUT2D eigenvalue weighted by Crippen LogP contribution is -1.70. The molecule has 0 N–H and O–H groups in total. The van der Waals surface area contributed by atoms with Crippen molar-refractivity contribution in [3.05, 3.63) is 16.5 Å². The Morgan fingerprint density at radius 1 is 1.45 bits per heavy atom. The highest BCUT2D eigenvalue weighted by atomic mass is 79.9. The zero-order valence-corrected chi connectivity index (χ0v) is 7.59. The van der Waals surface area contributed by atoms with Crippen molar-refractivity contribution < 1.29 is 4.42 Å². The number of hydrogen-bond acceptors (Lipinski definition) is 5. The van der Waals surface area contributed by atoms with E-state index in [1.165, 1.54) is 11.3 Å². The van der Waals surface area contributed by atoms with Crippen LogP contribution in [0.3, 0.4) is 0 Å². The Morgan fingerprint density at radius 3 is 2.91 bits per heavy atom. The molecule has 0 aromatic carbocycles. The maximum absolute atomic E-state index is 5.09. The summed E-state index contributed by atoms with van der Waals surface area (Å²) in [5, 5.41) is 7.42. The minimum Gasteiger partial charge on any atom is -0.410 e. The van der Waals surface area contributed by atoms with E-state index < -0.39 is 0 Å². The van der Waals surface area contributed by atoms with E-state index in [-0.39, 0.29) is 0 Å². The van der Waals surface area contributed by atoms with E-state index in [4.69, 9.17) is 4.42 Å². The summed E-state index contributed by atoms with van der Waals surface area (Å²) in [7, 11) is 0. The molecule has 2 rings (SSSR count). The summed E-state index contributed by atoms with van der Waals surface area (Å²) in [6.45, 7) is 0. The van der Waals surface area contributed by atoms with Crippen LogP contribution in [0.1, 0.15) is 0 Å². The highest BCUT2D eigenvalue weighted by Gasteiger charge is 2.06. The van der Waals surface area contributed by atoms with Crippen molar-refractivity contribution in [2.75, 3.05) is 0 Å². The van der Waals surface area contributed by atoms with Crippen LogP contribution >= 0.6 is 27.3 Å². The van der Waals surface area contributed by atoms with Crippen molar-refractivity contribution in [1.82, 2.24) is 15.2 Å². The standard InChI is InChI=1S/C5H2BrN3OS/c6-5-9-8-4(10-5)3-1-7-2-11-3/h1-2H. The molecule has 11 heavy (non-hydrogen) atoms. The number of hydrogen-bond donors (Lipinski definition) is 0. The van der Waals surface area contributed by atoms with Gasteiger partial charge in [0.15, 0.2) is 0 Å². The molecule has 0 amide bonds. The fourth-order valence-corrected chi connectivity index (χ4v) is 1.40. The molecule has 0 spiro atoms. The second-order valence-electron chi connectivity index (χ2n) is 1.73. The maximum Gasteiger partial charge on any atom is 0.285 e. The van der Waals surface area contributed by atoms with Crippen LogP contribution in [0.5, 0.6) is 0 Å². The van der Waals surface area contributed by atoms with Crippen molar-refractivity contribution >= 4 is 27.3 Å². The Balaban J connectivity index is 2.45. The summed E-state index contributed by atoms with van der Waals surface area (Å²) in [5.74, 6) is 0.499. The molecule has 0 bridgehead atoms. The van der Waals surface area contributed by atoms with Crippen molar-refractivity contribution in [1.29, 1.82) is 0 Å². The zero-order valence-electron chi connectivity index (χ0n) is 5.19. The predicted octanol–water partition coefficient (Wildman–Crippen LogP) is 1.96. The third-order valence-electron chi connectivity index (χ3n) is 1.04. The maximum atomic E-state index is 5.09. The van der Waals surface area contributed by atoms with E-state index in [0.717, 1.165) is 4.88 Å². The molecule has 0 fully saturated rings. The van der Waals surface area contributed by atoms with Gasteiger partial charge in [-0.05, 0) is 0 Å². The van der Waals surface area contributed by atoms with Gasteiger partial charge in [0, 0.05) is 15.9 Å². The highest BCUT2D eigenvalue weighted by molar-refractivity contribution is 9.10.